The molecule has 0 unspecified atom stereocenters. The van der Waals surface area contributed by atoms with Crippen molar-refractivity contribution >= 4 is 11.8 Å². The molecule has 4 heteroatoms. The number of carbonyl (C=O) groups is 2. The first-order chi connectivity index (χ1) is 8.77. The minimum absolute atomic E-state index is 0.171. The maximum Gasteiger partial charge on any atom is 0.261 e. The van der Waals surface area contributed by atoms with Crippen LogP contribution in [0.5, 0.6) is 0 Å². The molecule has 0 spiro atoms. The maximum absolute atomic E-state index is 12.1. The Labute approximate surface area is 105 Å². The van der Waals surface area contributed by atoms with Crippen molar-refractivity contribution in [2.24, 2.45) is 0 Å². The van der Waals surface area contributed by atoms with Gasteiger partial charge in [0.25, 0.3) is 11.8 Å². The van der Waals surface area contributed by atoms with Crippen LogP contribution >= 0.6 is 0 Å². The van der Waals surface area contributed by atoms with E-state index in [9.17, 15) is 9.59 Å². The van der Waals surface area contributed by atoms with Gasteiger partial charge < -0.3 is 5.32 Å². The van der Waals surface area contributed by atoms with Crippen LogP contribution in [0.3, 0.4) is 0 Å². The number of nitrogens with zero attached hydrogens (tertiary/aromatic N) is 1. The second kappa shape index (κ2) is 4.38. The summed E-state index contributed by atoms with van der Waals surface area (Å²) >= 11 is 0. The molecule has 0 radical (unpaired) electrons. The zero-order valence-electron chi connectivity index (χ0n) is 9.98. The third-order valence-corrected chi connectivity index (χ3v) is 3.40. The van der Waals surface area contributed by atoms with Crippen LogP contribution in [0.25, 0.3) is 0 Å². The fraction of sp³-hybridized carbons (Fsp3) is 0.286. The van der Waals surface area contributed by atoms with Crippen molar-refractivity contribution in [2.75, 3.05) is 19.6 Å². The van der Waals surface area contributed by atoms with Crippen molar-refractivity contribution in [3.8, 4) is 0 Å². The molecule has 4 nitrogen and oxygen atoms in total. The maximum atomic E-state index is 12.1. The molecule has 0 aliphatic carbocycles. The van der Waals surface area contributed by atoms with Gasteiger partial charge in [-0.1, -0.05) is 23.8 Å². The molecule has 92 valence electrons. The van der Waals surface area contributed by atoms with Crippen LogP contribution in [0.4, 0.5) is 0 Å². The molecular weight excluding hydrogens is 228 g/mol. The number of hydrogen-bond donors (Lipinski definition) is 1. The lowest BCUT2D eigenvalue weighted by molar-refractivity contribution is 0.0666. The predicted octanol–water partition coefficient (Wildman–Crippen LogP) is 1.20. The second-order valence-electron chi connectivity index (χ2n) is 4.56. The highest BCUT2D eigenvalue weighted by Crippen LogP contribution is 2.23. The van der Waals surface area contributed by atoms with Crippen molar-refractivity contribution < 1.29 is 9.59 Å². The Hall–Kier alpha value is -1.94. The van der Waals surface area contributed by atoms with Crippen LogP contribution in [0.2, 0.25) is 0 Å². The van der Waals surface area contributed by atoms with Crippen LogP contribution in [-0.2, 0) is 0 Å². The molecule has 1 aromatic carbocycles. The highest BCUT2D eigenvalue weighted by molar-refractivity contribution is 6.21. The first-order valence-electron chi connectivity index (χ1n) is 6.11. The smallest absolute Gasteiger partial charge is 0.261 e. The normalized spacial score (nSPS) is 18.9. The van der Waals surface area contributed by atoms with Gasteiger partial charge in [-0.25, -0.2) is 0 Å². The molecule has 0 saturated heterocycles. The molecule has 2 amide bonds. The Morgan fingerprint density at radius 1 is 1.11 bits per heavy atom. The molecular formula is C14H14N2O2. The van der Waals surface area contributed by atoms with Crippen molar-refractivity contribution in [1.29, 1.82) is 0 Å². The van der Waals surface area contributed by atoms with E-state index in [0.717, 1.165) is 25.1 Å². The van der Waals surface area contributed by atoms with Crippen molar-refractivity contribution in [1.82, 2.24) is 10.2 Å². The molecule has 2 aliphatic rings. The van der Waals surface area contributed by atoms with Crippen LogP contribution < -0.4 is 5.32 Å². The number of benzene rings is 1. The summed E-state index contributed by atoms with van der Waals surface area (Å²) in [5, 5.41) is 3.21. The van der Waals surface area contributed by atoms with Crippen molar-refractivity contribution in [2.45, 2.75) is 6.42 Å². The summed E-state index contributed by atoms with van der Waals surface area (Å²) in [5.41, 5.74) is 2.21. The van der Waals surface area contributed by atoms with E-state index in [1.807, 2.05) is 0 Å². The minimum Gasteiger partial charge on any atom is -0.313 e. The van der Waals surface area contributed by atoms with Crippen LogP contribution in [0.15, 0.2) is 35.9 Å². The molecule has 1 N–H and O–H groups in total. The highest BCUT2D eigenvalue weighted by atomic mass is 16.2. The minimum atomic E-state index is -0.171. The van der Waals surface area contributed by atoms with Crippen LogP contribution in [0.1, 0.15) is 27.1 Å². The van der Waals surface area contributed by atoms with Gasteiger partial charge in [0, 0.05) is 6.54 Å². The van der Waals surface area contributed by atoms with Gasteiger partial charge >= 0.3 is 0 Å². The van der Waals surface area contributed by atoms with E-state index in [1.165, 1.54) is 4.90 Å². The van der Waals surface area contributed by atoms with E-state index in [4.69, 9.17) is 0 Å². The molecule has 2 heterocycles. The largest absolute Gasteiger partial charge is 0.313 e. The molecule has 3 rings (SSSR count). The van der Waals surface area contributed by atoms with Gasteiger partial charge in [0.15, 0.2) is 0 Å². The zero-order chi connectivity index (χ0) is 12.5. The summed E-state index contributed by atoms with van der Waals surface area (Å²) in [6.45, 7) is 2.15. The van der Waals surface area contributed by atoms with Gasteiger partial charge in [-0.3, -0.25) is 14.5 Å². The SMILES string of the molecule is O=C1c2ccccc2C(=O)N1CC1=CCNCC1. The Morgan fingerprint density at radius 3 is 2.33 bits per heavy atom. The number of fused-ring (bicyclic) bond motifs is 1. The number of hydrogen-bond acceptors (Lipinski definition) is 3. The van der Waals surface area contributed by atoms with E-state index in [0.29, 0.717) is 17.7 Å². The molecule has 0 atom stereocenters. The summed E-state index contributed by atoms with van der Waals surface area (Å²) in [6, 6.07) is 7.01. The summed E-state index contributed by atoms with van der Waals surface area (Å²) in [4.78, 5) is 25.6. The van der Waals surface area contributed by atoms with Crippen molar-refractivity contribution in [3.05, 3.63) is 47.0 Å². The Bertz CT molecular complexity index is 513. The number of amides is 2. The average Bonchev–Trinajstić information content (AvgIpc) is 2.66. The first-order valence-corrected chi connectivity index (χ1v) is 6.11. The fourth-order valence-corrected chi connectivity index (χ4v) is 2.40. The van der Waals surface area contributed by atoms with E-state index >= 15 is 0 Å². The van der Waals surface area contributed by atoms with E-state index in [-0.39, 0.29) is 11.8 Å². The van der Waals surface area contributed by atoms with Crippen LogP contribution in [-0.4, -0.2) is 36.3 Å². The Morgan fingerprint density at radius 2 is 1.78 bits per heavy atom. The van der Waals surface area contributed by atoms with E-state index < -0.39 is 0 Å². The van der Waals surface area contributed by atoms with E-state index in [2.05, 4.69) is 11.4 Å². The topological polar surface area (TPSA) is 49.4 Å². The Balaban J connectivity index is 1.86. The van der Waals surface area contributed by atoms with Crippen LogP contribution in [0, 0.1) is 0 Å². The van der Waals surface area contributed by atoms with E-state index in [1.54, 1.807) is 24.3 Å². The third kappa shape index (κ3) is 1.75. The zero-order valence-corrected chi connectivity index (χ0v) is 9.98. The number of nitrogens with one attached hydrogen (secondary N) is 1. The van der Waals surface area contributed by atoms with Gasteiger partial charge in [-0.15, -0.1) is 0 Å². The molecule has 2 aliphatic heterocycles. The highest BCUT2D eigenvalue weighted by Gasteiger charge is 2.35. The molecule has 18 heavy (non-hydrogen) atoms. The fourth-order valence-electron chi connectivity index (χ4n) is 2.40. The summed E-state index contributed by atoms with van der Waals surface area (Å²) in [5.74, 6) is -0.343. The van der Waals surface area contributed by atoms with Gasteiger partial charge in [0.1, 0.15) is 0 Å². The first kappa shape index (κ1) is 11.2. The summed E-state index contributed by atoms with van der Waals surface area (Å²) < 4.78 is 0. The van der Waals surface area contributed by atoms with Gasteiger partial charge in [-0.2, -0.15) is 0 Å². The number of imide groups is 1. The molecule has 0 saturated carbocycles. The average molecular weight is 242 g/mol. The summed E-state index contributed by atoms with van der Waals surface area (Å²) in [7, 11) is 0. The van der Waals surface area contributed by atoms with Gasteiger partial charge in [0.05, 0.1) is 17.7 Å². The second-order valence-corrected chi connectivity index (χ2v) is 4.56. The standard InChI is InChI=1S/C14H14N2O2/c17-13-11-3-1-2-4-12(11)14(18)16(13)9-10-5-7-15-8-6-10/h1-5,15H,6-9H2. The lowest BCUT2D eigenvalue weighted by atomic mass is 10.1. The molecule has 0 fully saturated rings. The monoisotopic (exact) mass is 242 g/mol. The molecule has 1 aromatic rings. The third-order valence-electron chi connectivity index (χ3n) is 3.40. The van der Waals surface area contributed by atoms with Gasteiger partial charge in [-0.05, 0) is 25.1 Å². The predicted molar refractivity (Wildman–Crippen MR) is 67.4 cm³/mol. The lowest BCUT2D eigenvalue weighted by Crippen LogP contribution is -2.34. The molecule has 0 aromatic heterocycles. The molecule has 0 bridgehead atoms. The van der Waals surface area contributed by atoms with Crippen molar-refractivity contribution in [3.63, 3.8) is 0 Å². The number of rotatable bonds is 2. The number of carbonyl (C=O) groups excluding carboxylic acids is 2. The Kier molecular flexibility index (Phi) is 2.72. The quantitative estimate of drug-likeness (QED) is 0.626. The van der Waals surface area contributed by atoms with Gasteiger partial charge in [0.2, 0.25) is 0 Å². The summed E-state index contributed by atoms with van der Waals surface area (Å²) in [6.07, 6.45) is 2.96. The lowest BCUT2D eigenvalue weighted by Gasteiger charge is -2.19.